The number of nitrogens with zero attached hydrogens (tertiary/aromatic N) is 5. The van der Waals surface area contributed by atoms with Gasteiger partial charge in [0.25, 0.3) is 0 Å². The molecular weight excluding hydrogens is 382 g/mol. The number of para-hydroxylation sites is 2. The number of aromatic nitrogens is 3. The second-order valence-corrected chi connectivity index (χ2v) is 6.95. The number of nitrogens with one attached hydrogen (secondary N) is 2. The maximum absolute atomic E-state index is 5.50. The van der Waals surface area contributed by atoms with Crippen LogP contribution in [0.25, 0.3) is 11.6 Å². The van der Waals surface area contributed by atoms with E-state index in [1.54, 1.807) is 13.4 Å². The van der Waals surface area contributed by atoms with E-state index in [4.69, 9.17) is 9.15 Å². The van der Waals surface area contributed by atoms with Crippen LogP contribution in [-0.4, -0.2) is 72.9 Å². The van der Waals surface area contributed by atoms with Crippen molar-refractivity contribution in [1.82, 2.24) is 25.4 Å². The minimum absolute atomic E-state index is 0.576. The summed E-state index contributed by atoms with van der Waals surface area (Å²) >= 11 is 0. The van der Waals surface area contributed by atoms with E-state index in [2.05, 4.69) is 41.4 Å². The Morgan fingerprint density at radius 3 is 2.77 bits per heavy atom. The van der Waals surface area contributed by atoms with E-state index in [0.717, 1.165) is 49.4 Å². The van der Waals surface area contributed by atoms with Gasteiger partial charge in [0.2, 0.25) is 5.82 Å². The van der Waals surface area contributed by atoms with E-state index in [9.17, 15) is 0 Å². The fraction of sp³-hybridized carbons (Fsp3) is 0.381. The monoisotopic (exact) mass is 409 g/mol. The molecule has 0 bridgehead atoms. The Bertz CT molecular complexity index is 959. The van der Waals surface area contributed by atoms with Gasteiger partial charge in [-0.05, 0) is 24.3 Å². The lowest BCUT2D eigenvalue weighted by atomic mass is 10.2. The molecule has 0 radical (unpaired) electrons. The summed E-state index contributed by atoms with van der Waals surface area (Å²) in [6, 6.07) is 11.8. The molecule has 1 aromatic carbocycles. The summed E-state index contributed by atoms with van der Waals surface area (Å²) in [4.78, 5) is 13.6. The Labute approximate surface area is 175 Å². The van der Waals surface area contributed by atoms with Gasteiger partial charge in [-0.15, -0.1) is 0 Å². The van der Waals surface area contributed by atoms with Gasteiger partial charge < -0.3 is 24.3 Å². The molecule has 1 saturated heterocycles. The predicted molar refractivity (Wildman–Crippen MR) is 116 cm³/mol. The number of aliphatic imine (C=N–C) groups is 1. The Balaban J connectivity index is 1.27. The van der Waals surface area contributed by atoms with Crippen molar-refractivity contribution in [3.8, 4) is 17.3 Å². The molecule has 0 unspecified atom stereocenters. The van der Waals surface area contributed by atoms with Crippen LogP contribution in [-0.2, 0) is 6.42 Å². The van der Waals surface area contributed by atoms with E-state index in [1.165, 1.54) is 0 Å². The number of rotatable bonds is 6. The summed E-state index contributed by atoms with van der Waals surface area (Å²) in [5.74, 6) is 3.86. The molecule has 1 aliphatic rings. The summed E-state index contributed by atoms with van der Waals surface area (Å²) in [6.45, 7) is 4.32. The molecule has 0 aliphatic carbocycles. The van der Waals surface area contributed by atoms with Crippen molar-refractivity contribution in [1.29, 1.82) is 0 Å². The Morgan fingerprint density at radius 1 is 1.20 bits per heavy atom. The summed E-state index contributed by atoms with van der Waals surface area (Å²) in [5.41, 5.74) is 1.14. The lowest BCUT2D eigenvalue weighted by Crippen LogP contribution is -2.52. The normalized spacial score (nSPS) is 14.8. The molecule has 3 heterocycles. The van der Waals surface area contributed by atoms with Crippen molar-refractivity contribution in [3.05, 3.63) is 48.5 Å². The fourth-order valence-corrected chi connectivity index (χ4v) is 3.60. The number of H-pyrrole nitrogens is 1. The number of ether oxygens (including phenoxy) is 1. The van der Waals surface area contributed by atoms with E-state index in [1.807, 2.05) is 37.4 Å². The largest absolute Gasteiger partial charge is 0.495 e. The van der Waals surface area contributed by atoms with Crippen LogP contribution in [0.15, 0.2) is 52.1 Å². The Morgan fingerprint density at radius 2 is 2.03 bits per heavy atom. The fourth-order valence-electron chi connectivity index (χ4n) is 3.60. The van der Waals surface area contributed by atoms with Gasteiger partial charge in [-0.1, -0.05) is 12.1 Å². The summed E-state index contributed by atoms with van der Waals surface area (Å²) in [6.07, 6.45) is 2.33. The second kappa shape index (κ2) is 9.34. The van der Waals surface area contributed by atoms with Crippen molar-refractivity contribution in [2.75, 3.05) is 51.8 Å². The number of anilines is 1. The smallest absolute Gasteiger partial charge is 0.216 e. The average Bonchev–Trinajstić information content (AvgIpc) is 3.49. The maximum Gasteiger partial charge on any atom is 0.216 e. The van der Waals surface area contributed by atoms with Gasteiger partial charge in [0, 0.05) is 46.2 Å². The Kier molecular flexibility index (Phi) is 6.17. The molecule has 30 heavy (non-hydrogen) atoms. The highest BCUT2D eigenvalue weighted by atomic mass is 16.5. The molecule has 0 amide bonds. The molecule has 0 spiro atoms. The SMILES string of the molecule is CN=C(NCCc1nc(-c2ccco2)n[nH]1)N1CCN(c2ccccc2OC)CC1. The molecule has 3 aromatic rings. The molecular formula is C21H27N7O2. The van der Waals surface area contributed by atoms with E-state index < -0.39 is 0 Å². The minimum Gasteiger partial charge on any atom is -0.495 e. The van der Waals surface area contributed by atoms with Crippen LogP contribution in [0.5, 0.6) is 5.75 Å². The van der Waals surface area contributed by atoms with Gasteiger partial charge in [-0.25, -0.2) is 4.98 Å². The summed E-state index contributed by atoms with van der Waals surface area (Å²) in [5, 5.41) is 10.6. The van der Waals surface area contributed by atoms with Crippen molar-refractivity contribution in [2.45, 2.75) is 6.42 Å². The topological polar surface area (TPSA) is 94.8 Å². The van der Waals surface area contributed by atoms with Gasteiger partial charge in [-0.3, -0.25) is 10.1 Å². The molecule has 0 saturated carbocycles. The van der Waals surface area contributed by atoms with Crippen molar-refractivity contribution >= 4 is 11.6 Å². The average molecular weight is 409 g/mol. The third-order valence-corrected chi connectivity index (χ3v) is 5.14. The zero-order chi connectivity index (χ0) is 20.8. The van der Waals surface area contributed by atoms with Crippen LogP contribution in [0, 0.1) is 0 Å². The first-order valence-corrected chi connectivity index (χ1v) is 10.1. The highest BCUT2D eigenvalue weighted by Gasteiger charge is 2.21. The van der Waals surface area contributed by atoms with Gasteiger partial charge >= 0.3 is 0 Å². The molecule has 4 rings (SSSR count). The molecule has 1 fully saturated rings. The minimum atomic E-state index is 0.576. The third kappa shape index (κ3) is 4.40. The standard InChI is InChI=1S/C21H27N7O2/c1-22-21(23-10-9-19-24-20(26-25-19)18-8-5-15-30-18)28-13-11-27(12-14-28)16-6-3-4-7-17(16)29-2/h3-8,15H,9-14H2,1-2H3,(H,22,23)(H,24,25,26). The second-order valence-electron chi connectivity index (χ2n) is 6.95. The number of hydrogen-bond acceptors (Lipinski definition) is 6. The number of aromatic amines is 1. The van der Waals surface area contributed by atoms with E-state index >= 15 is 0 Å². The number of hydrogen-bond donors (Lipinski definition) is 2. The zero-order valence-electron chi connectivity index (χ0n) is 17.3. The maximum atomic E-state index is 5.50. The number of guanidine groups is 1. The van der Waals surface area contributed by atoms with E-state index in [-0.39, 0.29) is 0 Å². The molecule has 0 atom stereocenters. The lowest BCUT2D eigenvalue weighted by Gasteiger charge is -2.38. The summed E-state index contributed by atoms with van der Waals surface area (Å²) < 4.78 is 10.8. The first kappa shape index (κ1) is 19.8. The van der Waals surface area contributed by atoms with Crippen LogP contribution in [0.2, 0.25) is 0 Å². The van der Waals surface area contributed by atoms with Crippen LogP contribution < -0.4 is 15.0 Å². The molecule has 9 heteroatoms. The molecule has 158 valence electrons. The highest BCUT2D eigenvalue weighted by Crippen LogP contribution is 2.28. The van der Waals surface area contributed by atoms with Crippen LogP contribution >= 0.6 is 0 Å². The van der Waals surface area contributed by atoms with Gasteiger partial charge in [0.05, 0.1) is 19.1 Å². The first-order valence-electron chi connectivity index (χ1n) is 10.1. The van der Waals surface area contributed by atoms with Gasteiger partial charge in [-0.2, -0.15) is 5.10 Å². The quantitative estimate of drug-likeness (QED) is 0.475. The van der Waals surface area contributed by atoms with Crippen molar-refractivity contribution in [2.24, 2.45) is 4.99 Å². The number of benzene rings is 1. The van der Waals surface area contributed by atoms with Gasteiger partial charge in [0.15, 0.2) is 11.7 Å². The number of furan rings is 1. The van der Waals surface area contributed by atoms with Gasteiger partial charge in [0.1, 0.15) is 11.6 Å². The van der Waals surface area contributed by atoms with E-state index in [0.29, 0.717) is 24.6 Å². The lowest BCUT2D eigenvalue weighted by molar-refractivity contribution is 0.367. The number of methoxy groups -OCH3 is 1. The molecule has 2 N–H and O–H groups in total. The van der Waals surface area contributed by atoms with Crippen LogP contribution in [0.3, 0.4) is 0 Å². The first-order chi connectivity index (χ1) is 14.8. The predicted octanol–water partition coefficient (Wildman–Crippen LogP) is 2.01. The highest BCUT2D eigenvalue weighted by molar-refractivity contribution is 5.80. The zero-order valence-corrected chi connectivity index (χ0v) is 17.3. The van der Waals surface area contributed by atoms with Crippen molar-refractivity contribution in [3.63, 3.8) is 0 Å². The number of piperazine rings is 1. The van der Waals surface area contributed by atoms with Crippen LogP contribution in [0.4, 0.5) is 5.69 Å². The molecule has 9 nitrogen and oxygen atoms in total. The Hall–Kier alpha value is -3.49. The third-order valence-electron chi connectivity index (χ3n) is 5.14. The van der Waals surface area contributed by atoms with Crippen molar-refractivity contribution < 1.29 is 9.15 Å². The molecule has 1 aliphatic heterocycles. The van der Waals surface area contributed by atoms with Crippen LogP contribution in [0.1, 0.15) is 5.82 Å². The molecule has 2 aromatic heterocycles. The summed E-state index contributed by atoms with van der Waals surface area (Å²) in [7, 11) is 3.53.